The minimum Gasteiger partial charge on any atom is -0.373 e. The van der Waals surface area contributed by atoms with E-state index in [4.69, 9.17) is 0 Å². The first kappa shape index (κ1) is 15.9. The Morgan fingerprint density at radius 3 is 2.42 bits per heavy atom. The molecule has 19 heavy (non-hydrogen) atoms. The van der Waals surface area contributed by atoms with Gasteiger partial charge in [-0.2, -0.15) is 22.0 Å². The van der Waals surface area contributed by atoms with Crippen LogP contribution in [0.5, 0.6) is 0 Å². The molecule has 110 valence electrons. The van der Waals surface area contributed by atoms with Gasteiger partial charge in [-0.05, 0) is 0 Å². The van der Waals surface area contributed by atoms with Crippen LogP contribution in [0.2, 0.25) is 0 Å². The Bertz CT molecular complexity index is 400. The fraction of sp³-hybridized carbons (Fsp3) is 0.727. The van der Waals surface area contributed by atoms with Crippen molar-refractivity contribution in [2.75, 3.05) is 13.2 Å². The third-order valence-corrected chi connectivity index (χ3v) is 2.44. The summed E-state index contributed by atoms with van der Waals surface area (Å²) >= 11 is 0. The third kappa shape index (κ3) is 4.15. The Morgan fingerprint density at radius 1 is 1.26 bits per heavy atom. The Balaban J connectivity index is 2.41. The highest BCUT2D eigenvalue weighted by Gasteiger charge is 2.57. The van der Waals surface area contributed by atoms with Gasteiger partial charge in [-0.3, -0.25) is 0 Å². The molecular formula is C11H15F5N2O. The van der Waals surface area contributed by atoms with E-state index in [0.29, 0.717) is 0 Å². The Kier molecular flexibility index (Phi) is 4.89. The van der Waals surface area contributed by atoms with E-state index < -0.39 is 18.7 Å². The zero-order valence-corrected chi connectivity index (χ0v) is 10.5. The van der Waals surface area contributed by atoms with Gasteiger partial charge in [-0.15, -0.1) is 0 Å². The number of hydrogen-bond acceptors (Lipinski definition) is 2. The lowest BCUT2D eigenvalue weighted by Crippen LogP contribution is -2.41. The Hall–Kier alpha value is -1.18. The summed E-state index contributed by atoms with van der Waals surface area (Å²) in [6.45, 7) is 2.08. The highest BCUT2D eigenvalue weighted by molar-refractivity contribution is 4.97. The minimum absolute atomic E-state index is 0.131. The van der Waals surface area contributed by atoms with Crippen LogP contribution in [0.15, 0.2) is 12.4 Å². The fourth-order valence-electron chi connectivity index (χ4n) is 1.46. The van der Waals surface area contributed by atoms with Crippen molar-refractivity contribution in [3.8, 4) is 0 Å². The van der Waals surface area contributed by atoms with Gasteiger partial charge in [0.25, 0.3) is 0 Å². The van der Waals surface area contributed by atoms with E-state index in [0.717, 1.165) is 5.82 Å². The first-order chi connectivity index (χ1) is 8.65. The van der Waals surface area contributed by atoms with Crippen LogP contribution in [0.1, 0.15) is 25.6 Å². The molecule has 0 fully saturated rings. The first-order valence-corrected chi connectivity index (χ1v) is 5.68. The molecule has 0 bridgehead atoms. The van der Waals surface area contributed by atoms with E-state index in [9.17, 15) is 22.0 Å². The van der Waals surface area contributed by atoms with Gasteiger partial charge in [0.1, 0.15) is 12.4 Å². The maximum atomic E-state index is 12.5. The number of nitrogens with zero attached hydrogens (tertiary/aromatic N) is 2. The molecule has 0 aliphatic heterocycles. The highest BCUT2D eigenvalue weighted by atomic mass is 19.4. The zero-order valence-electron chi connectivity index (χ0n) is 10.5. The molecule has 0 aliphatic carbocycles. The van der Waals surface area contributed by atoms with E-state index in [2.05, 4.69) is 9.72 Å². The number of rotatable bonds is 6. The molecule has 0 aliphatic rings. The lowest BCUT2D eigenvalue weighted by Gasteiger charge is -2.19. The summed E-state index contributed by atoms with van der Waals surface area (Å²) in [5.74, 6) is -3.96. The summed E-state index contributed by atoms with van der Waals surface area (Å²) in [5.41, 5.74) is 0. The molecule has 0 spiro atoms. The highest BCUT2D eigenvalue weighted by Crippen LogP contribution is 2.35. The van der Waals surface area contributed by atoms with Crippen molar-refractivity contribution in [3.05, 3.63) is 18.2 Å². The summed E-state index contributed by atoms with van der Waals surface area (Å²) in [5, 5.41) is 0. The molecule has 0 saturated carbocycles. The van der Waals surface area contributed by atoms with Crippen LogP contribution in [0.4, 0.5) is 22.0 Å². The van der Waals surface area contributed by atoms with Crippen LogP contribution >= 0.6 is 0 Å². The molecular weight excluding hydrogens is 271 g/mol. The van der Waals surface area contributed by atoms with E-state index >= 15 is 0 Å². The number of halogens is 5. The standard InChI is InChI=1S/C11H15F5N2O/c1-8(2)9-17-3-4-18(9)5-6-19-7-10(12,13)11(14,15)16/h3-4,8H,5-7H2,1-2H3. The first-order valence-electron chi connectivity index (χ1n) is 5.68. The lowest BCUT2D eigenvalue weighted by atomic mass is 10.2. The van der Waals surface area contributed by atoms with Crippen LogP contribution in [-0.2, 0) is 11.3 Å². The van der Waals surface area contributed by atoms with Crippen molar-refractivity contribution in [2.24, 2.45) is 0 Å². The van der Waals surface area contributed by atoms with E-state index in [1.165, 1.54) is 0 Å². The number of imidazole rings is 1. The predicted molar refractivity (Wildman–Crippen MR) is 58.1 cm³/mol. The molecule has 0 amide bonds. The smallest absolute Gasteiger partial charge is 0.373 e. The quantitative estimate of drug-likeness (QED) is 0.593. The zero-order chi connectivity index (χ0) is 14.7. The molecule has 1 aromatic rings. The van der Waals surface area contributed by atoms with Gasteiger partial charge < -0.3 is 9.30 Å². The summed E-state index contributed by atoms with van der Waals surface area (Å²) in [6.07, 6.45) is -2.41. The second kappa shape index (κ2) is 5.85. The second-order valence-electron chi connectivity index (χ2n) is 4.39. The van der Waals surface area contributed by atoms with Crippen LogP contribution < -0.4 is 0 Å². The number of hydrogen-bond donors (Lipinski definition) is 0. The fourth-order valence-corrected chi connectivity index (χ4v) is 1.46. The molecule has 1 heterocycles. The number of aromatic nitrogens is 2. The average molecular weight is 286 g/mol. The summed E-state index contributed by atoms with van der Waals surface area (Å²) in [6, 6.07) is 0. The molecule has 1 aromatic heterocycles. The van der Waals surface area contributed by atoms with E-state index in [1.54, 1.807) is 17.0 Å². The topological polar surface area (TPSA) is 27.1 Å². The van der Waals surface area contributed by atoms with Crippen LogP contribution in [0, 0.1) is 0 Å². The molecule has 3 nitrogen and oxygen atoms in total. The maximum Gasteiger partial charge on any atom is 0.455 e. The van der Waals surface area contributed by atoms with Gasteiger partial charge in [0.2, 0.25) is 0 Å². The SMILES string of the molecule is CC(C)c1nccn1CCOCC(F)(F)C(F)(F)F. The molecule has 0 saturated heterocycles. The molecule has 1 rings (SSSR count). The van der Waals surface area contributed by atoms with Gasteiger partial charge in [0.05, 0.1) is 6.61 Å². The molecule has 0 atom stereocenters. The van der Waals surface area contributed by atoms with Crippen molar-refractivity contribution in [1.29, 1.82) is 0 Å². The van der Waals surface area contributed by atoms with Gasteiger partial charge in [0.15, 0.2) is 0 Å². The van der Waals surface area contributed by atoms with Gasteiger partial charge in [0, 0.05) is 24.9 Å². The van der Waals surface area contributed by atoms with Crippen LogP contribution in [-0.4, -0.2) is 34.9 Å². The van der Waals surface area contributed by atoms with Crippen molar-refractivity contribution in [2.45, 2.75) is 38.4 Å². The maximum absolute atomic E-state index is 12.5. The summed E-state index contributed by atoms with van der Waals surface area (Å²) in [4.78, 5) is 4.06. The Morgan fingerprint density at radius 2 is 1.89 bits per heavy atom. The molecule has 0 aromatic carbocycles. The molecule has 8 heteroatoms. The van der Waals surface area contributed by atoms with Crippen LogP contribution in [0.3, 0.4) is 0 Å². The van der Waals surface area contributed by atoms with Crippen molar-refractivity contribution in [1.82, 2.24) is 9.55 Å². The van der Waals surface area contributed by atoms with Crippen molar-refractivity contribution < 1.29 is 26.7 Å². The molecule has 0 radical (unpaired) electrons. The average Bonchev–Trinajstić information content (AvgIpc) is 2.71. The van der Waals surface area contributed by atoms with Gasteiger partial charge in [-0.1, -0.05) is 13.8 Å². The van der Waals surface area contributed by atoms with Crippen LogP contribution in [0.25, 0.3) is 0 Å². The lowest BCUT2D eigenvalue weighted by molar-refractivity contribution is -0.296. The molecule has 0 N–H and O–H groups in total. The van der Waals surface area contributed by atoms with Gasteiger partial charge >= 0.3 is 12.1 Å². The Labute approximate surface area is 107 Å². The third-order valence-electron chi connectivity index (χ3n) is 2.44. The predicted octanol–water partition coefficient (Wildman–Crippen LogP) is 3.22. The van der Waals surface area contributed by atoms with E-state index in [-0.39, 0.29) is 19.1 Å². The minimum atomic E-state index is -5.58. The van der Waals surface area contributed by atoms with Crippen molar-refractivity contribution >= 4 is 0 Å². The monoisotopic (exact) mass is 286 g/mol. The second-order valence-corrected chi connectivity index (χ2v) is 4.39. The number of ether oxygens (including phenoxy) is 1. The molecule has 0 unspecified atom stereocenters. The van der Waals surface area contributed by atoms with Crippen molar-refractivity contribution in [3.63, 3.8) is 0 Å². The normalized spacial score (nSPS) is 13.3. The summed E-state index contributed by atoms with van der Waals surface area (Å²) in [7, 11) is 0. The largest absolute Gasteiger partial charge is 0.455 e. The van der Waals surface area contributed by atoms with E-state index in [1.807, 2.05) is 13.8 Å². The summed E-state index contributed by atoms with van der Waals surface area (Å²) < 4.78 is 66.7. The van der Waals surface area contributed by atoms with Gasteiger partial charge in [-0.25, -0.2) is 4.98 Å². The number of alkyl halides is 5.